The van der Waals surface area contributed by atoms with E-state index in [4.69, 9.17) is 4.74 Å². The van der Waals surface area contributed by atoms with Crippen molar-refractivity contribution in [1.82, 2.24) is 9.88 Å². The number of aromatic nitrogens is 1. The molecule has 2 N–H and O–H groups in total. The summed E-state index contributed by atoms with van der Waals surface area (Å²) < 4.78 is 5.39. The molecule has 0 bridgehead atoms. The number of nitrogens with one attached hydrogen (secondary N) is 2. The molecule has 2 aromatic carbocycles. The number of nitro benzene ring substituents is 1. The van der Waals surface area contributed by atoms with E-state index >= 15 is 0 Å². The molecule has 2 saturated heterocycles. The molecule has 2 aliphatic rings. The van der Waals surface area contributed by atoms with Crippen molar-refractivity contribution in [2.24, 2.45) is 0 Å². The fourth-order valence-electron chi connectivity index (χ4n) is 4.96. The minimum absolute atomic E-state index is 0.0207. The topological polar surface area (TPSA) is 133 Å². The third-order valence-electron chi connectivity index (χ3n) is 7.37. The third kappa shape index (κ3) is 6.44. The number of nitro groups is 1. The van der Waals surface area contributed by atoms with E-state index in [1.54, 1.807) is 48.7 Å². The zero-order chi connectivity index (χ0) is 28.9. The van der Waals surface area contributed by atoms with Crippen molar-refractivity contribution in [2.45, 2.75) is 6.92 Å². The number of carbonyl (C=O) groups excluding carboxylic acids is 2. The van der Waals surface area contributed by atoms with E-state index < -0.39 is 10.8 Å². The van der Waals surface area contributed by atoms with E-state index in [-0.39, 0.29) is 17.2 Å². The number of carbonyl (C=O) groups is 2. The van der Waals surface area contributed by atoms with Crippen LogP contribution in [0.5, 0.6) is 0 Å². The molecular weight excluding hydrogens is 526 g/mol. The number of nitrogens with zero attached hydrogens (tertiary/aromatic N) is 5. The Morgan fingerprint density at radius 2 is 1.68 bits per heavy atom. The zero-order valence-electron chi connectivity index (χ0n) is 23.1. The maximum atomic E-state index is 13.4. The van der Waals surface area contributed by atoms with Crippen LogP contribution in [0, 0.1) is 17.0 Å². The lowest BCUT2D eigenvalue weighted by Crippen LogP contribution is -2.44. The van der Waals surface area contributed by atoms with Crippen LogP contribution in [-0.2, 0) is 4.74 Å². The number of para-hydroxylation sites is 1. The summed E-state index contributed by atoms with van der Waals surface area (Å²) in [5.74, 6) is -0.208. The van der Waals surface area contributed by atoms with Crippen LogP contribution in [0.1, 0.15) is 26.3 Å². The number of piperazine rings is 1. The predicted octanol–water partition coefficient (Wildman–Crippen LogP) is 3.39. The molecule has 0 spiro atoms. The summed E-state index contributed by atoms with van der Waals surface area (Å²) in [5.41, 5.74) is 2.30. The normalized spacial score (nSPS) is 15.9. The van der Waals surface area contributed by atoms with E-state index in [9.17, 15) is 19.7 Å². The van der Waals surface area contributed by atoms with Gasteiger partial charge >= 0.3 is 5.69 Å². The predicted molar refractivity (Wildman–Crippen MR) is 157 cm³/mol. The second kappa shape index (κ2) is 12.3. The number of morpholine rings is 1. The van der Waals surface area contributed by atoms with Crippen molar-refractivity contribution in [1.29, 1.82) is 0 Å². The number of likely N-dealkylation sites (N-methyl/N-ethyl adjacent to an activating group) is 1. The molecule has 0 atom stereocenters. The summed E-state index contributed by atoms with van der Waals surface area (Å²) in [6, 6.07) is 13.3. The molecule has 1 aromatic heterocycles. The van der Waals surface area contributed by atoms with E-state index in [1.807, 2.05) is 18.9 Å². The Kier molecular flexibility index (Phi) is 8.41. The molecule has 214 valence electrons. The Bertz CT molecular complexity index is 1450. The van der Waals surface area contributed by atoms with Gasteiger partial charge in [0.05, 0.1) is 18.1 Å². The van der Waals surface area contributed by atoms with Gasteiger partial charge in [0.2, 0.25) is 0 Å². The number of pyridine rings is 1. The van der Waals surface area contributed by atoms with E-state index in [0.29, 0.717) is 67.8 Å². The Balaban J connectivity index is 1.33. The zero-order valence-corrected chi connectivity index (χ0v) is 23.1. The fourth-order valence-corrected chi connectivity index (χ4v) is 4.96. The van der Waals surface area contributed by atoms with Gasteiger partial charge in [0.25, 0.3) is 11.8 Å². The maximum Gasteiger partial charge on any atom is 0.305 e. The van der Waals surface area contributed by atoms with Crippen molar-refractivity contribution in [3.8, 4) is 0 Å². The first-order valence-corrected chi connectivity index (χ1v) is 13.5. The largest absolute Gasteiger partial charge is 0.378 e. The van der Waals surface area contributed by atoms with Crippen molar-refractivity contribution >= 4 is 40.4 Å². The van der Waals surface area contributed by atoms with Gasteiger partial charge in [0.1, 0.15) is 17.1 Å². The molecule has 2 amide bonds. The summed E-state index contributed by atoms with van der Waals surface area (Å²) in [4.78, 5) is 48.6. The maximum absolute atomic E-state index is 13.4. The molecule has 41 heavy (non-hydrogen) atoms. The molecule has 12 nitrogen and oxygen atoms in total. The van der Waals surface area contributed by atoms with Gasteiger partial charge < -0.3 is 30.1 Å². The van der Waals surface area contributed by atoms with Crippen LogP contribution in [0.2, 0.25) is 0 Å². The smallest absolute Gasteiger partial charge is 0.305 e. The van der Waals surface area contributed by atoms with Crippen LogP contribution in [0.25, 0.3) is 0 Å². The Morgan fingerprint density at radius 3 is 2.41 bits per heavy atom. The second-order valence-corrected chi connectivity index (χ2v) is 10.2. The van der Waals surface area contributed by atoms with Crippen molar-refractivity contribution < 1.29 is 19.2 Å². The summed E-state index contributed by atoms with van der Waals surface area (Å²) >= 11 is 0. The highest BCUT2D eigenvalue weighted by Gasteiger charge is 2.29. The SMILES string of the molecule is Cc1ccc(NC(=O)c2ccnc(N3CCOCC3)c2)cc1NC(=O)c1cccc(N2CCN(C)CC2)c1[N+](=O)[O-]. The molecule has 5 rings (SSSR count). The number of aryl methyl sites for hydroxylation is 1. The Morgan fingerprint density at radius 1 is 0.927 bits per heavy atom. The average molecular weight is 560 g/mol. The molecule has 0 radical (unpaired) electrons. The summed E-state index contributed by atoms with van der Waals surface area (Å²) in [7, 11) is 2.01. The first kappa shape index (κ1) is 28.0. The van der Waals surface area contributed by atoms with Gasteiger partial charge in [-0.1, -0.05) is 12.1 Å². The highest BCUT2D eigenvalue weighted by Crippen LogP contribution is 2.33. The Labute approximate surface area is 238 Å². The molecule has 3 heterocycles. The van der Waals surface area contributed by atoms with E-state index in [2.05, 4.69) is 25.4 Å². The quantitative estimate of drug-likeness (QED) is 0.330. The number of ether oxygens (including phenoxy) is 1. The lowest BCUT2D eigenvalue weighted by Gasteiger charge is -2.33. The van der Waals surface area contributed by atoms with Crippen molar-refractivity contribution in [3.05, 3.63) is 81.5 Å². The van der Waals surface area contributed by atoms with Gasteiger partial charge in [-0.15, -0.1) is 0 Å². The number of benzene rings is 2. The second-order valence-electron chi connectivity index (χ2n) is 10.2. The highest BCUT2D eigenvalue weighted by atomic mass is 16.6. The lowest BCUT2D eigenvalue weighted by atomic mass is 10.1. The monoisotopic (exact) mass is 559 g/mol. The minimum atomic E-state index is -0.594. The number of amides is 2. The van der Waals surface area contributed by atoms with Crippen LogP contribution in [0.3, 0.4) is 0 Å². The van der Waals surface area contributed by atoms with Crippen LogP contribution in [0.15, 0.2) is 54.7 Å². The Hall–Kier alpha value is -4.55. The lowest BCUT2D eigenvalue weighted by molar-refractivity contribution is -0.384. The van der Waals surface area contributed by atoms with Crippen LogP contribution in [0.4, 0.5) is 28.6 Å². The van der Waals surface area contributed by atoms with E-state index in [0.717, 1.165) is 18.7 Å². The molecule has 2 fully saturated rings. The number of hydrogen-bond acceptors (Lipinski definition) is 9. The molecule has 12 heteroatoms. The van der Waals surface area contributed by atoms with Crippen LogP contribution in [-0.4, -0.2) is 86.2 Å². The van der Waals surface area contributed by atoms with Gasteiger partial charge in [-0.3, -0.25) is 19.7 Å². The number of anilines is 4. The van der Waals surface area contributed by atoms with Gasteiger partial charge in [-0.2, -0.15) is 0 Å². The number of hydrogen-bond donors (Lipinski definition) is 2. The van der Waals surface area contributed by atoms with Crippen molar-refractivity contribution in [2.75, 3.05) is 80.0 Å². The molecule has 3 aromatic rings. The van der Waals surface area contributed by atoms with Crippen molar-refractivity contribution in [3.63, 3.8) is 0 Å². The molecule has 0 saturated carbocycles. The highest BCUT2D eigenvalue weighted by molar-refractivity contribution is 6.09. The summed E-state index contributed by atoms with van der Waals surface area (Å²) in [6.07, 6.45) is 1.60. The average Bonchev–Trinajstić information content (AvgIpc) is 2.99. The van der Waals surface area contributed by atoms with Gasteiger partial charge in [0, 0.05) is 62.4 Å². The minimum Gasteiger partial charge on any atom is -0.378 e. The van der Waals surface area contributed by atoms with Gasteiger partial charge in [-0.25, -0.2) is 4.98 Å². The molecular formula is C29H33N7O5. The first-order valence-electron chi connectivity index (χ1n) is 13.5. The molecule has 0 unspecified atom stereocenters. The standard InChI is InChI=1S/C29H33N7O5/c1-20-6-7-22(31-28(37)21-8-9-30-26(18-21)35-14-16-41-17-15-35)19-24(20)32-29(38)23-4-3-5-25(27(23)36(39)40)34-12-10-33(2)11-13-34/h3-9,18-19H,10-17H2,1-2H3,(H,31,37)(H,32,38). The number of rotatable bonds is 7. The van der Waals surface area contributed by atoms with Crippen LogP contribution < -0.4 is 20.4 Å². The van der Waals surface area contributed by atoms with E-state index in [1.165, 1.54) is 6.07 Å². The third-order valence-corrected chi connectivity index (χ3v) is 7.37. The van der Waals surface area contributed by atoms with Gasteiger partial charge in [-0.05, 0) is 55.9 Å². The van der Waals surface area contributed by atoms with Crippen LogP contribution >= 0.6 is 0 Å². The van der Waals surface area contributed by atoms with Gasteiger partial charge in [0.15, 0.2) is 0 Å². The fraction of sp³-hybridized carbons (Fsp3) is 0.345. The summed E-state index contributed by atoms with van der Waals surface area (Å²) in [5, 5.41) is 17.8. The summed E-state index contributed by atoms with van der Waals surface area (Å²) in [6.45, 7) is 7.26. The molecule has 2 aliphatic heterocycles. The molecule has 0 aliphatic carbocycles. The first-order chi connectivity index (χ1) is 19.8.